The van der Waals surface area contributed by atoms with Crippen LogP contribution in [0.2, 0.25) is 4.34 Å². The van der Waals surface area contributed by atoms with Gasteiger partial charge in [0.2, 0.25) is 0 Å². The maximum Gasteiger partial charge on any atom is 0.165 e. The summed E-state index contributed by atoms with van der Waals surface area (Å²) in [6.07, 6.45) is 2.02. The quantitative estimate of drug-likeness (QED) is 0.836. The molecule has 0 saturated carbocycles. The highest BCUT2D eigenvalue weighted by Crippen LogP contribution is 2.26. The molecule has 74 valence electrons. The van der Waals surface area contributed by atoms with Gasteiger partial charge in [-0.3, -0.25) is 4.68 Å². The van der Waals surface area contributed by atoms with Crippen molar-refractivity contribution < 1.29 is 5.11 Å². The van der Waals surface area contributed by atoms with Crippen molar-refractivity contribution in [3.63, 3.8) is 0 Å². The minimum atomic E-state index is -0.861. The molecule has 1 unspecified atom stereocenters. The number of hydrogen-bond donors (Lipinski definition) is 1. The molecule has 0 aliphatic rings. The van der Waals surface area contributed by atoms with Gasteiger partial charge in [0.25, 0.3) is 0 Å². The maximum absolute atomic E-state index is 9.84. The number of halogens is 1. The minimum Gasteiger partial charge on any atom is -0.378 e. The number of rotatable bonds is 2. The summed E-state index contributed by atoms with van der Waals surface area (Å²) in [5.74, 6) is 0.455. The standard InChI is InChI=1S/C7H7ClN4OS/c1-12-6(10-3-11-12)5(13)7-9-2-4(8)14-7/h2-3,5,13H,1H3. The third-order valence-corrected chi connectivity index (χ3v) is 2.89. The lowest BCUT2D eigenvalue weighted by Crippen LogP contribution is -2.07. The van der Waals surface area contributed by atoms with Crippen LogP contribution in [0.3, 0.4) is 0 Å². The largest absolute Gasteiger partial charge is 0.378 e. The van der Waals surface area contributed by atoms with Gasteiger partial charge in [0, 0.05) is 7.05 Å². The van der Waals surface area contributed by atoms with Crippen molar-refractivity contribution in [2.75, 3.05) is 0 Å². The van der Waals surface area contributed by atoms with E-state index in [1.165, 1.54) is 28.5 Å². The lowest BCUT2D eigenvalue weighted by molar-refractivity contribution is 0.204. The topological polar surface area (TPSA) is 63.8 Å². The Bertz CT molecular complexity index is 440. The second kappa shape index (κ2) is 3.64. The summed E-state index contributed by atoms with van der Waals surface area (Å²) in [5, 5.41) is 14.2. The predicted molar refractivity (Wildman–Crippen MR) is 52.2 cm³/mol. The van der Waals surface area contributed by atoms with Crippen molar-refractivity contribution in [1.29, 1.82) is 0 Å². The second-order valence-electron chi connectivity index (χ2n) is 2.65. The summed E-state index contributed by atoms with van der Waals surface area (Å²) in [6, 6.07) is 0. The number of hydrogen-bond acceptors (Lipinski definition) is 5. The first-order valence-electron chi connectivity index (χ1n) is 3.81. The van der Waals surface area contributed by atoms with Crippen molar-refractivity contribution in [3.8, 4) is 0 Å². The summed E-state index contributed by atoms with van der Waals surface area (Å²) in [4.78, 5) is 7.90. The predicted octanol–water partition coefficient (Wildman–Crippen LogP) is 1.01. The summed E-state index contributed by atoms with van der Waals surface area (Å²) in [7, 11) is 1.71. The van der Waals surface area contributed by atoms with Crippen LogP contribution in [0, 0.1) is 0 Å². The zero-order chi connectivity index (χ0) is 10.1. The summed E-state index contributed by atoms with van der Waals surface area (Å²) in [6.45, 7) is 0. The van der Waals surface area contributed by atoms with Crippen LogP contribution >= 0.6 is 22.9 Å². The number of aliphatic hydroxyl groups excluding tert-OH is 1. The minimum absolute atomic E-state index is 0.455. The molecule has 7 heteroatoms. The fourth-order valence-electron chi connectivity index (χ4n) is 1.06. The van der Waals surface area contributed by atoms with Crippen LogP contribution in [0.4, 0.5) is 0 Å². The molecule has 2 heterocycles. The molecule has 1 atom stereocenters. The van der Waals surface area contributed by atoms with E-state index in [1.54, 1.807) is 7.05 Å². The van der Waals surface area contributed by atoms with Crippen LogP contribution in [0.5, 0.6) is 0 Å². The lowest BCUT2D eigenvalue weighted by Gasteiger charge is -2.04. The molecule has 0 saturated heterocycles. The summed E-state index contributed by atoms with van der Waals surface area (Å²) in [5.41, 5.74) is 0. The van der Waals surface area contributed by atoms with Gasteiger partial charge in [-0.25, -0.2) is 9.97 Å². The molecule has 1 N–H and O–H groups in total. The van der Waals surface area contributed by atoms with Crippen molar-refractivity contribution >= 4 is 22.9 Å². The van der Waals surface area contributed by atoms with Crippen LogP contribution in [-0.2, 0) is 7.05 Å². The first kappa shape index (κ1) is 9.57. The van der Waals surface area contributed by atoms with E-state index in [1.807, 2.05) is 0 Å². The van der Waals surface area contributed by atoms with Gasteiger partial charge in [0.15, 0.2) is 11.9 Å². The van der Waals surface area contributed by atoms with Gasteiger partial charge in [0.1, 0.15) is 15.7 Å². The molecule has 0 fully saturated rings. The number of aromatic nitrogens is 4. The molecule has 2 aromatic rings. The Morgan fingerprint density at radius 2 is 2.36 bits per heavy atom. The maximum atomic E-state index is 9.84. The fourth-order valence-corrected chi connectivity index (χ4v) is 1.97. The molecule has 14 heavy (non-hydrogen) atoms. The number of thiazole rings is 1. The Kier molecular flexibility index (Phi) is 2.49. The van der Waals surface area contributed by atoms with E-state index < -0.39 is 6.10 Å². The molecular weight excluding hydrogens is 224 g/mol. The number of aliphatic hydroxyl groups is 1. The Hall–Kier alpha value is -0.980. The fraction of sp³-hybridized carbons (Fsp3) is 0.286. The lowest BCUT2D eigenvalue weighted by atomic mass is 10.3. The van der Waals surface area contributed by atoms with Gasteiger partial charge in [-0.1, -0.05) is 11.6 Å². The first-order valence-corrected chi connectivity index (χ1v) is 5.01. The van der Waals surface area contributed by atoms with Crippen molar-refractivity contribution in [3.05, 3.63) is 27.7 Å². The average molecular weight is 231 g/mol. The normalized spacial score (nSPS) is 13.1. The van der Waals surface area contributed by atoms with E-state index in [-0.39, 0.29) is 0 Å². The summed E-state index contributed by atoms with van der Waals surface area (Å²) < 4.78 is 2.04. The van der Waals surface area contributed by atoms with Gasteiger partial charge < -0.3 is 5.11 Å². The first-order chi connectivity index (χ1) is 6.68. The Balaban J connectivity index is 2.33. The Labute approximate surface area is 89.0 Å². The molecule has 0 aromatic carbocycles. The molecule has 0 spiro atoms. The molecule has 2 rings (SSSR count). The van der Waals surface area contributed by atoms with Gasteiger partial charge in [-0.05, 0) is 0 Å². The van der Waals surface area contributed by atoms with Crippen LogP contribution < -0.4 is 0 Å². The van der Waals surface area contributed by atoms with E-state index in [9.17, 15) is 5.11 Å². The SMILES string of the molecule is Cn1ncnc1C(O)c1ncc(Cl)s1. The van der Waals surface area contributed by atoms with Gasteiger partial charge in [0.05, 0.1) is 6.20 Å². The highest BCUT2D eigenvalue weighted by Gasteiger charge is 2.18. The highest BCUT2D eigenvalue weighted by atomic mass is 35.5. The molecule has 0 amide bonds. The Morgan fingerprint density at radius 3 is 2.86 bits per heavy atom. The van der Waals surface area contributed by atoms with E-state index >= 15 is 0 Å². The number of nitrogens with zero attached hydrogens (tertiary/aromatic N) is 4. The molecule has 0 aliphatic carbocycles. The van der Waals surface area contributed by atoms with E-state index in [2.05, 4.69) is 15.1 Å². The number of aryl methyl sites for hydroxylation is 1. The highest BCUT2D eigenvalue weighted by molar-refractivity contribution is 7.15. The molecule has 0 bridgehead atoms. The smallest absolute Gasteiger partial charge is 0.165 e. The van der Waals surface area contributed by atoms with Gasteiger partial charge in [-0.2, -0.15) is 5.10 Å². The van der Waals surface area contributed by atoms with Crippen molar-refractivity contribution in [2.45, 2.75) is 6.10 Å². The van der Waals surface area contributed by atoms with Crippen molar-refractivity contribution in [1.82, 2.24) is 19.7 Å². The van der Waals surface area contributed by atoms with Crippen LogP contribution in [0.15, 0.2) is 12.5 Å². The molecule has 0 radical (unpaired) electrons. The van der Waals surface area contributed by atoms with Crippen LogP contribution in [0.1, 0.15) is 16.9 Å². The molecule has 2 aromatic heterocycles. The monoisotopic (exact) mass is 230 g/mol. The van der Waals surface area contributed by atoms with E-state index in [0.29, 0.717) is 15.2 Å². The Morgan fingerprint density at radius 1 is 1.57 bits per heavy atom. The molecule has 0 aliphatic heterocycles. The summed E-state index contributed by atoms with van der Waals surface area (Å²) >= 11 is 6.93. The van der Waals surface area contributed by atoms with E-state index in [4.69, 9.17) is 11.6 Å². The zero-order valence-corrected chi connectivity index (χ0v) is 8.83. The molecular formula is C7H7ClN4OS. The van der Waals surface area contributed by atoms with E-state index in [0.717, 1.165) is 0 Å². The average Bonchev–Trinajstić information content (AvgIpc) is 2.73. The van der Waals surface area contributed by atoms with Crippen LogP contribution in [0.25, 0.3) is 0 Å². The molecule has 5 nitrogen and oxygen atoms in total. The third kappa shape index (κ3) is 1.63. The zero-order valence-electron chi connectivity index (χ0n) is 7.25. The van der Waals surface area contributed by atoms with Gasteiger partial charge in [-0.15, -0.1) is 11.3 Å². The van der Waals surface area contributed by atoms with Gasteiger partial charge >= 0.3 is 0 Å². The van der Waals surface area contributed by atoms with Crippen LogP contribution in [-0.4, -0.2) is 24.9 Å². The third-order valence-electron chi connectivity index (χ3n) is 1.72. The van der Waals surface area contributed by atoms with Crippen molar-refractivity contribution in [2.24, 2.45) is 7.05 Å². The second-order valence-corrected chi connectivity index (χ2v) is 4.34.